The number of likely N-dealkylation sites (tertiary alicyclic amines) is 1. The van der Waals surface area contributed by atoms with Crippen molar-refractivity contribution in [3.63, 3.8) is 0 Å². The van der Waals surface area contributed by atoms with E-state index in [0.29, 0.717) is 6.04 Å². The Morgan fingerprint density at radius 3 is 2.67 bits per heavy atom. The molecule has 0 radical (unpaired) electrons. The topological polar surface area (TPSA) is 62.2 Å². The first-order chi connectivity index (χ1) is 13.0. The van der Waals surface area contributed by atoms with Gasteiger partial charge in [-0.05, 0) is 44.2 Å². The van der Waals surface area contributed by atoms with E-state index in [0.717, 1.165) is 44.5 Å². The van der Waals surface area contributed by atoms with Crippen LogP contribution < -0.4 is 10.6 Å². The van der Waals surface area contributed by atoms with Crippen LogP contribution in [0.3, 0.4) is 0 Å². The van der Waals surface area contributed by atoms with Crippen molar-refractivity contribution in [3.05, 3.63) is 53.9 Å². The van der Waals surface area contributed by atoms with Gasteiger partial charge in [0.05, 0.1) is 11.2 Å². The zero-order chi connectivity index (χ0) is 18.9. The van der Waals surface area contributed by atoms with E-state index in [1.807, 2.05) is 19.3 Å². The number of piperidine rings is 1. The molecule has 27 heavy (non-hydrogen) atoms. The molecule has 2 amide bonds. The number of aromatic nitrogens is 2. The van der Waals surface area contributed by atoms with Crippen molar-refractivity contribution in [1.82, 2.24) is 25.3 Å². The lowest BCUT2D eigenvalue weighted by Crippen LogP contribution is -2.52. The predicted molar refractivity (Wildman–Crippen MR) is 105 cm³/mol. The highest BCUT2D eigenvalue weighted by Gasteiger charge is 2.48. The first kappa shape index (κ1) is 18.0. The Labute approximate surface area is 160 Å². The van der Waals surface area contributed by atoms with E-state index in [4.69, 9.17) is 0 Å². The lowest BCUT2D eigenvalue weighted by Gasteiger charge is -2.38. The van der Waals surface area contributed by atoms with Crippen molar-refractivity contribution in [2.75, 3.05) is 6.54 Å². The molecule has 6 nitrogen and oxygen atoms in total. The van der Waals surface area contributed by atoms with Crippen molar-refractivity contribution in [2.45, 2.75) is 56.8 Å². The van der Waals surface area contributed by atoms with Crippen LogP contribution in [0.5, 0.6) is 0 Å². The average Bonchev–Trinajstić information content (AvgIpc) is 3.28. The second-order valence-corrected chi connectivity index (χ2v) is 8.08. The minimum atomic E-state index is -0.259. The molecule has 1 aromatic carbocycles. The maximum absolute atomic E-state index is 12.6. The van der Waals surface area contributed by atoms with E-state index in [2.05, 4.69) is 57.9 Å². The highest BCUT2D eigenvalue weighted by atomic mass is 16.2. The van der Waals surface area contributed by atoms with Gasteiger partial charge in [0.15, 0.2) is 0 Å². The monoisotopic (exact) mass is 367 g/mol. The van der Waals surface area contributed by atoms with Gasteiger partial charge in [0, 0.05) is 38.4 Å². The number of benzene rings is 1. The van der Waals surface area contributed by atoms with Gasteiger partial charge in [-0.2, -0.15) is 5.10 Å². The number of hydrogen-bond donors (Lipinski definition) is 2. The van der Waals surface area contributed by atoms with Crippen molar-refractivity contribution in [2.24, 2.45) is 7.05 Å². The van der Waals surface area contributed by atoms with Crippen LogP contribution in [0.15, 0.2) is 42.6 Å². The fraction of sp³-hybridized carbons (Fsp3) is 0.524. The molecule has 144 valence electrons. The Balaban J connectivity index is 1.28. The largest absolute Gasteiger partial charge is 0.335 e. The van der Waals surface area contributed by atoms with E-state index < -0.39 is 0 Å². The maximum atomic E-state index is 12.6. The summed E-state index contributed by atoms with van der Waals surface area (Å²) in [4.78, 5) is 15.1. The number of amides is 2. The van der Waals surface area contributed by atoms with Crippen molar-refractivity contribution < 1.29 is 4.79 Å². The molecule has 1 aliphatic carbocycles. The molecular formula is C21H29N5O. The molecule has 2 fully saturated rings. The van der Waals surface area contributed by atoms with Crippen LogP contribution in [0.4, 0.5) is 4.79 Å². The summed E-state index contributed by atoms with van der Waals surface area (Å²) in [6.07, 6.45) is 5.82. The predicted octanol–water partition coefficient (Wildman–Crippen LogP) is 2.76. The van der Waals surface area contributed by atoms with Crippen LogP contribution in [0.2, 0.25) is 0 Å². The van der Waals surface area contributed by atoms with Gasteiger partial charge in [-0.3, -0.25) is 9.58 Å². The van der Waals surface area contributed by atoms with Crippen LogP contribution in [-0.2, 0) is 19.1 Å². The molecule has 2 atom stereocenters. The molecular weight excluding hydrogens is 338 g/mol. The van der Waals surface area contributed by atoms with E-state index >= 15 is 0 Å². The fourth-order valence-corrected chi connectivity index (χ4v) is 4.08. The number of carbonyl (C=O) groups excluding carboxylic acids is 1. The third-order valence-corrected chi connectivity index (χ3v) is 5.88. The van der Waals surface area contributed by atoms with Crippen molar-refractivity contribution >= 4 is 6.03 Å². The molecule has 1 aromatic heterocycles. The first-order valence-corrected chi connectivity index (χ1v) is 9.91. The van der Waals surface area contributed by atoms with Gasteiger partial charge in [0.25, 0.3) is 0 Å². The van der Waals surface area contributed by atoms with E-state index in [1.165, 1.54) is 5.56 Å². The van der Waals surface area contributed by atoms with Gasteiger partial charge in [-0.15, -0.1) is 0 Å². The highest BCUT2D eigenvalue weighted by molar-refractivity contribution is 5.76. The molecule has 2 unspecified atom stereocenters. The average molecular weight is 367 g/mol. The van der Waals surface area contributed by atoms with Crippen LogP contribution in [0.1, 0.15) is 43.9 Å². The molecule has 2 aromatic rings. The van der Waals surface area contributed by atoms with Gasteiger partial charge >= 0.3 is 6.03 Å². The molecule has 1 aliphatic heterocycles. The third-order valence-electron chi connectivity index (χ3n) is 5.88. The summed E-state index contributed by atoms with van der Waals surface area (Å²) in [7, 11) is 1.91. The Hall–Kier alpha value is -2.34. The molecule has 0 spiro atoms. The fourth-order valence-electron chi connectivity index (χ4n) is 4.08. The SMILES string of the molecule is CC1CC(NC(=O)NC2(c3ccn(C)n3)CC2)CCN1Cc1ccccc1. The molecule has 1 saturated carbocycles. The summed E-state index contributed by atoms with van der Waals surface area (Å²) in [6.45, 7) is 4.24. The normalized spacial score (nSPS) is 24.4. The van der Waals surface area contributed by atoms with E-state index in [1.54, 1.807) is 4.68 Å². The second kappa shape index (κ2) is 7.35. The standard InChI is InChI=1S/C21H29N5O/c1-16-14-18(8-13-26(16)15-17-6-4-3-5-7-17)22-20(27)23-21(10-11-21)19-9-12-25(2)24-19/h3-7,9,12,16,18H,8,10-11,13-15H2,1-2H3,(H2,22,23,27). The lowest BCUT2D eigenvalue weighted by atomic mass is 9.97. The maximum Gasteiger partial charge on any atom is 0.315 e. The van der Waals surface area contributed by atoms with Gasteiger partial charge < -0.3 is 10.6 Å². The number of nitrogens with one attached hydrogen (secondary N) is 2. The molecule has 0 bridgehead atoms. The van der Waals surface area contributed by atoms with E-state index in [-0.39, 0.29) is 17.6 Å². The molecule has 1 saturated heterocycles. The number of carbonyl (C=O) groups is 1. The lowest BCUT2D eigenvalue weighted by molar-refractivity contribution is 0.129. The summed E-state index contributed by atoms with van der Waals surface area (Å²) in [5, 5.41) is 10.8. The number of aryl methyl sites for hydroxylation is 1. The number of urea groups is 1. The minimum Gasteiger partial charge on any atom is -0.335 e. The van der Waals surface area contributed by atoms with Crippen LogP contribution in [0, 0.1) is 0 Å². The molecule has 2 heterocycles. The highest BCUT2D eigenvalue weighted by Crippen LogP contribution is 2.44. The summed E-state index contributed by atoms with van der Waals surface area (Å²) in [5.41, 5.74) is 2.05. The summed E-state index contributed by atoms with van der Waals surface area (Å²) < 4.78 is 1.79. The zero-order valence-electron chi connectivity index (χ0n) is 16.2. The quantitative estimate of drug-likeness (QED) is 0.854. The van der Waals surface area contributed by atoms with Crippen LogP contribution in [0.25, 0.3) is 0 Å². The van der Waals surface area contributed by atoms with Crippen LogP contribution >= 0.6 is 0 Å². The summed E-state index contributed by atoms with van der Waals surface area (Å²) in [5.74, 6) is 0. The van der Waals surface area contributed by atoms with Crippen molar-refractivity contribution in [1.29, 1.82) is 0 Å². The van der Waals surface area contributed by atoms with Gasteiger partial charge in [-0.1, -0.05) is 30.3 Å². The summed E-state index contributed by atoms with van der Waals surface area (Å²) in [6, 6.07) is 13.2. The number of nitrogens with zero attached hydrogens (tertiary/aromatic N) is 3. The van der Waals surface area contributed by atoms with Crippen LogP contribution in [-0.4, -0.2) is 39.3 Å². The zero-order valence-corrected chi connectivity index (χ0v) is 16.2. The smallest absolute Gasteiger partial charge is 0.315 e. The molecule has 2 aliphatic rings. The Morgan fingerprint density at radius 1 is 1.26 bits per heavy atom. The molecule has 6 heteroatoms. The van der Waals surface area contributed by atoms with Gasteiger partial charge in [0.1, 0.15) is 0 Å². The number of hydrogen-bond acceptors (Lipinski definition) is 3. The second-order valence-electron chi connectivity index (χ2n) is 8.08. The van der Waals surface area contributed by atoms with Gasteiger partial charge in [0.2, 0.25) is 0 Å². The Bertz CT molecular complexity index is 783. The number of rotatable bonds is 5. The third kappa shape index (κ3) is 4.16. The molecule has 2 N–H and O–H groups in total. The Morgan fingerprint density at radius 2 is 2.04 bits per heavy atom. The first-order valence-electron chi connectivity index (χ1n) is 9.91. The summed E-state index contributed by atoms with van der Waals surface area (Å²) >= 11 is 0. The Kier molecular flexibility index (Phi) is 4.91. The van der Waals surface area contributed by atoms with Crippen molar-refractivity contribution in [3.8, 4) is 0 Å². The van der Waals surface area contributed by atoms with Gasteiger partial charge in [-0.25, -0.2) is 4.79 Å². The minimum absolute atomic E-state index is 0.0631. The molecule has 4 rings (SSSR count). The van der Waals surface area contributed by atoms with E-state index in [9.17, 15) is 4.79 Å².